The van der Waals surface area contributed by atoms with E-state index < -0.39 is 74.6 Å². The van der Waals surface area contributed by atoms with Gasteiger partial charge in [-0.25, -0.2) is 0 Å². The molecule has 6 rings (SSSR count). The first-order valence-electron chi connectivity index (χ1n) is 22.9. The third-order valence-corrected chi connectivity index (χ3v) is 15.7. The summed E-state index contributed by atoms with van der Waals surface area (Å²) in [4.78, 5) is 0. The van der Waals surface area contributed by atoms with Crippen molar-refractivity contribution in [1.82, 2.24) is 0 Å². The molecule has 18 unspecified atom stereocenters. The lowest BCUT2D eigenvalue weighted by atomic mass is 9.47. The highest BCUT2D eigenvalue weighted by Gasteiger charge is 2.59. The van der Waals surface area contributed by atoms with Gasteiger partial charge in [-0.05, 0) is 97.7 Å². The van der Waals surface area contributed by atoms with Crippen molar-refractivity contribution in [3.8, 4) is 0 Å². The van der Waals surface area contributed by atoms with Gasteiger partial charge in [-0.15, -0.1) is 0 Å². The van der Waals surface area contributed by atoms with E-state index in [0.717, 1.165) is 48.3 Å². The van der Waals surface area contributed by atoms with E-state index in [1.807, 2.05) is 0 Å². The van der Waals surface area contributed by atoms with Crippen molar-refractivity contribution in [2.45, 2.75) is 173 Å². The van der Waals surface area contributed by atoms with Gasteiger partial charge in [0, 0.05) is 0 Å². The summed E-state index contributed by atoms with van der Waals surface area (Å²) in [5.74, 6) is 5.03. The zero-order chi connectivity index (χ0) is 42.5. The van der Waals surface area contributed by atoms with Gasteiger partial charge in [0.1, 0.15) is 48.8 Å². The second-order valence-corrected chi connectivity index (χ2v) is 19.6. The molecule has 14 heteroatoms. The van der Waals surface area contributed by atoms with E-state index in [2.05, 4.69) is 40.7 Å². The van der Waals surface area contributed by atoms with E-state index in [9.17, 15) is 35.7 Å². The van der Waals surface area contributed by atoms with Crippen LogP contribution in [0.5, 0.6) is 0 Å². The Morgan fingerprint density at radius 3 is 2.05 bits per heavy atom. The number of rotatable bonds is 20. The topological polar surface area (TPSA) is 206 Å². The van der Waals surface area contributed by atoms with Crippen molar-refractivity contribution in [2.24, 2.45) is 46.3 Å². The molecule has 0 spiro atoms. The van der Waals surface area contributed by atoms with Crippen molar-refractivity contribution >= 4 is 0 Å². The van der Waals surface area contributed by atoms with Gasteiger partial charge in [-0.1, -0.05) is 65.5 Å². The number of hydrogen-bond donors (Lipinski definition) is 7. The van der Waals surface area contributed by atoms with Crippen LogP contribution in [0.2, 0.25) is 0 Å². The van der Waals surface area contributed by atoms with E-state index in [-0.39, 0.29) is 19.3 Å². The molecule has 0 bridgehead atoms. The van der Waals surface area contributed by atoms with Gasteiger partial charge >= 0.3 is 0 Å². The number of aliphatic hydroxyl groups excluding tert-OH is 7. The van der Waals surface area contributed by atoms with E-state index in [1.165, 1.54) is 57.8 Å². The van der Waals surface area contributed by atoms with Crippen LogP contribution in [-0.2, 0) is 33.2 Å². The van der Waals surface area contributed by atoms with Gasteiger partial charge < -0.3 is 68.9 Å². The molecule has 4 aliphatic carbocycles. The average molecular weight is 843 g/mol. The number of allylic oxidation sites excluding steroid dienone is 1. The minimum Gasteiger partial charge on any atom is -0.394 e. The van der Waals surface area contributed by atoms with Crippen LogP contribution < -0.4 is 0 Å². The summed E-state index contributed by atoms with van der Waals surface area (Å²) in [5, 5.41) is 71.2. The quantitative estimate of drug-likeness (QED) is 0.0696. The predicted octanol–water partition coefficient (Wildman–Crippen LogP) is 3.09. The Morgan fingerprint density at radius 2 is 1.36 bits per heavy atom. The highest BCUT2D eigenvalue weighted by atomic mass is 16.7. The van der Waals surface area contributed by atoms with Gasteiger partial charge in [0.05, 0.1) is 59.0 Å². The molecule has 59 heavy (non-hydrogen) atoms. The minimum absolute atomic E-state index is 0.0181. The molecular weight excluding hydrogens is 764 g/mol. The molecule has 0 amide bonds. The Balaban J connectivity index is 0.843. The number of fused-ring (bicyclic) bond motifs is 5. The maximum Gasteiger partial charge on any atom is 0.187 e. The lowest BCUT2D eigenvalue weighted by molar-refractivity contribution is -0.359. The molecule has 342 valence electrons. The molecule has 0 radical (unpaired) electrons. The van der Waals surface area contributed by atoms with Crippen LogP contribution in [0.25, 0.3) is 0 Å². The van der Waals surface area contributed by atoms with E-state index in [1.54, 1.807) is 5.57 Å². The average Bonchev–Trinajstić information content (AvgIpc) is 3.58. The molecule has 14 nitrogen and oxygen atoms in total. The van der Waals surface area contributed by atoms with Crippen molar-refractivity contribution in [3.63, 3.8) is 0 Å². The third kappa shape index (κ3) is 10.6. The van der Waals surface area contributed by atoms with Crippen LogP contribution in [0.15, 0.2) is 11.6 Å². The fourth-order valence-electron chi connectivity index (χ4n) is 12.3. The smallest absolute Gasteiger partial charge is 0.187 e. The standard InChI is InChI=1S/C45H78O14/c1-26(2)7-6-8-27(3)31-11-12-32-30-10-9-28-23-29(13-15-44(28,4)33(30)14-16-45(31,32)5)55-21-19-53-17-18-54-20-22-56-42-40(52)38(50)41(35(25-47)58-42)59-43-39(51)37(49)36(48)34(24-46)57-43/h9,26-27,29-43,46-52H,6-8,10-25H2,1-5H3. The molecule has 0 aromatic carbocycles. The molecule has 2 heterocycles. The van der Waals surface area contributed by atoms with E-state index in [4.69, 9.17) is 33.2 Å². The first kappa shape index (κ1) is 47.7. The molecule has 0 aromatic heterocycles. The molecule has 2 saturated heterocycles. The summed E-state index contributed by atoms with van der Waals surface area (Å²) in [7, 11) is 0. The third-order valence-electron chi connectivity index (χ3n) is 15.7. The Hall–Kier alpha value is -0.820. The Labute approximate surface area is 351 Å². The van der Waals surface area contributed by atoms with Gasteiger partial charge in [0.2, 0.25) is 0 Å². The first-order valence-corrected chi connectivity index (χ1v) is 22.9. The number of hydrogen-bond acceptors (Lipinski definition) is 14. The van der Waals surface area contributed by atoms with Gasteiger partial charge in [0.25, 0.3) is 0 Å². The largest absolute Gasteiger partial charge is 0.394 e. The maximum absolute atomic E-state index is 10.8. The number of ether oxygens (including phenoxy) is 7. The second kappa shape index (κ2) is 21.2. The van der Waals surface area contributed by atoms with Crippen LogP contribution in [0, 0.1) is 46.3 Å². The lowest BCUT2D eigenvalue weighted by Gasteiger charge is -2.58. The Bertz CT molecular complexity index is 1320. The molecule has 0 aromatic rings. The monoisotopic (exact) mass is 843 g/mol. The summed E-state index contributed by atoms with van der Waals surface area (Å²) in [5.41, 5.74) is 2.45. The van der Waals surface area contributed by atoms with Crippen molar-refractivity contribution < 1.29 is 68.9 Å². The summed E-state index contributed by atoms with van der Waals surface area (Å²) < 4.78 is 39.9. The van der Waals surface area contributed by atoms with Crippen LogP contribution >= 0.6 is 0 Å². The molecule has 3 saturated carbocycles. The second-order valence-electron chi connectivity index (χ2n) is 19.6. The summed E-state index contributed by atoms with van der Waals surface area (Å²) >= 11 is 0. The molecule has 6 aliphatic rings. The van der Waals surface area contributed by atoms with Crippen LogP contribution in [-0.4, -0.2) is 156 Å². The highest BCUT2D eigenvalue weighted by molar-refractivity contribution is 5.25. The zero-order valence-corrected chi connectivity index (χ0v) is 36.3. The van der Waals surface area contributed by atoms with Crippen molar-refractivity contribution in [2.75, 3.05) is 52.9 Å². The van der Waals surface area contributed by atoms with Gasteiger partial charge in [-0.3, -0.25) is 0 Å². The van der Waals surface area contributed by atoms with Crippen molar-refractivity contribution in [1.29, 1.82) is 0 Å². The zero-order valence-electron chi connectivity index (χ0n) is 36.3. The van der Waals surface area contributed by atoms with E-state index >= 15 is 0 Å². The van der Waals surface area contributed by atoms with Crippen molar-refractivity contribution in [3.05, 3.63) is 11.6 Å². The first-order chi connectivity index (χ1) is 28.2. The Kier molecular flexibility index (Phi) is 17.2. The summed E-state index contributed by atoms with van der Waals surface area (Å²) in [6.45, 7) is 13.1. The fraction of sp³-hybridized carbons (Fsp3) is 0.956. The highest BCUT2D eigenvalue weighted by Crippen LogP contribution is 2.67. The van der Waals surface area contributed by atoms with Gasteiger partial charge in [0.15, 0.2) is 12.6 Å². The summed E-state index contributed by atoms with van der Waals surface area (Å²) in [6, 6.07) is 0. The maximum atomic E-state index is 10.8. The molecule has 18 atom stereocenters. The minimum atomic E-state index is -1.73. The molecule has 7 N–H and O–H groups in total. The van der Waals surface area contributed by atoms with Crippen LogP contribution in [0.1, 0.15) is 105 Å². The molecule has 2 aliphatic heterocycles. The SMILES string of the molecule is CC(C)CCCC(C)C1CCC2C3CC=C4CC(OCCOCCOCCOC5OC(CO)C(OC6OC(CO)C(O)C(O)C6O)C(O)C5O)CCC4(C)C3CCC12C. The van der Waals surface area contributed by atoms with Gasteiger partial charge in [-0.2, -0.15) is 0 Å². The lowest BCUT2D eigenvalue weighted by Crippen LogP contribution is -2.64. The number of aliphatic hydroxyl groups is 7. The fourth-order valence-corrected chi connectivity index (χ4v) is 12.3. The normalized spacial score (nSPS) is 44.2. The predicted molar refractivity (Wildman–Crippen MR) is 217 cm³/mol. The van der Waals surface area contributed by atoms with E-state index in [0.29, 0.717) is 37.3 Å². The molecule has 5 fully saturated rings. The van der Waals surface area contributed by atoms with Crippen LogP contribution in [0.4, 0.5) is 0 Å². The summed E-state index contributed by atoms with van der Waals surface area (Å²) in [6.07, 6.45) is 2.22. The molecular formula is C45H78O14. The van der Waals surface area contributed by atoms with Crippen LogP contribution in [0.3, 0.4) is 0 Å². The Morgan fingerprint density at radius 1 is 0.695 bits per heavy atom.